The van der Waals surface area contributed by atoms with Crippen molar-refractivity contribution in [3.63, 3.8) is 0 Å². The van der Waals surface area contributed by atoms with Gasteiger partial charge in [0.2, 0.25) is 5.91 Å². The Morgan fingerprint density at radius 3 is 2.82 bits per heavy atom. The standard InChI is InChI=1S/C13H18N2OS/c1-10(14)13(16)15-7-8-17-9-12(15)11-5-3-2-4-6-11/h2-6,10,12H,7-9,14H2,1H3/t10-,12?/m0/s1. The SMILES string of the molecule is C[C@H](N)C(=O)N1CCSCC1c1ccccc1. The zero-order chi connectivity index (χ0) is 12.3. The van der Waals surface area contributed by atoms with E-state index in [1.165, 1.54) is 5.56 Å². The van der Waals surface area contributed by atoms with E-state index in [-0.39, 0.29) is 11.9 Å². The Morgan fingerprint density at radius 2 is 2.18 bits per heavy atom. The number of carbonyl (C=O) groups excluding carboxylic acids is 1. The highest BCUT2D eigenvalue weighted by Gasteiger charge is 2.29. The van der Waals surface area contributed by atoms with E-state index in [4.69, 9.17) is 5.73 Å². The van der Waals surface area contributed by atoms with E-state index >= 15 is 0 Å². The molecule has 3 nitrogen and oxygen atoms in total. The molecule has 1 aliphatic heterocycles. The number of amides is 1. The first-order chi connectivity index (χ1) is 8.20. The number of hydrogen-bond acceptors (Lipinski definition) is 3. The van der Waals surface area contributed by atoms with Crippen molar-refractivity contribution in [3.8, 4) is 0 Å². The van der Waals surface area contributed by atoms with Gasteiger partial charge in [0.15, 0.2) is 0 Å². The van der Waals surface area contributed by atoms with E-state index in [9.17, 15) is 4.79 Å². The number of nitrogens with zero attached hydrogens (tertiary/aromatic N) is 1. The average molecular weight is 250 g/mol. The van der Waals surface area contributed by atoms with Gasteiger partial charge < -0.3 is 10.6 Å². The third kappa shape index (κ3) is 2.82. The molecule has 1 aromatic rings. The third-order valence-corrected chi connectivity index (χ3v) is 4.01. The van der Waals surface area contributed by atoms with Crippen LogP contribution in [0, 0.1) is 0 Å². The predicted octanol–water partition coefficient (Wildman–Crippen LogP) is 1.65. The Labute approximate surface area is 106 Å². The molecule has 1 heterocycles. The molecule has 0 spiro atoms. The molecule has 0 radical (unpaired) electrons. The molecule has 1 saturated heterocycles. The molecule has 92 valence electrons. The maximum Gasteiger partial charge on any atom is 0.239 e. The van der Waals surface area contributed by atoms with Gasteiger partial charge in [-0.05, 0) is 12.5 Å². The first-order valence-corrected chi connectivity index (χ1v) is 7.04. The van der Waals surface area contributed by atoms with Crippen molar-refractivity contribution in [2.24, 2.45) is 5.73 Å². The van der Waals surface area contributed by atoms with Gasteiger partial charge in [0, 0.05) is 18.1 Å². The molecule has 0 aliphatic carbocycles. The lowest BCUT2D eigenvalue weighted by atomic mass is 10.1. The summed E-state index contributed by atoms with van der Waals surface area (Å²) in [6.07, 6.45) is 0. The second-order valence-corrected chi connectivity index (χ2v) is 5.47. The van der Waals surface area contributed by atoms with Crippen LogP contribution >= 0.6 is 11.8 Å². The maximum atomic E-state index is 12.1. The second-order valence-electron chi connectivity index (χ2n) is 4.32. The van der Waals surface area contributed by atoms with Crippen molar-refractivity contribution < 1.29 is 4.79 Å². The molecule has 0 aromatic heterocycles. The van der Waals surface area contributed by atoms with Gasteiger partial charge in [0.05, 0.1) is 12.1 Å². The Kier molecular flexibility index (Phi) is 4.07. The first kappa shape index (κ1) is 12.5. The summed E-state index contributed by atoms with van der Waals surface area (Å²) >= 11 is 1.90. The van der Waals surface area contributed by atoms with Crippen molar-refractivity contribution in [1.29, 1.82) is 0 Å². The monoisotopic (exact) mass is 250 g/mol. The quantitative estimate of drug-likeness (QED) is 0.868. The van der Waals surface area contributed by atoms with E-state index < -0.39 is 6.04 Å². The van der Waals surface area contributed by atoms with Crippen LogP contribution in [0.15, 0.2) is 30.3 Å². The Morgan fingerprint density at radius 1 is 1.47 bits per heavy atom. The fourth-order valence-electron chi connectivity index (χ4n) is 2.08. The highest BCUT2D eigenvalue weighted by molar-refractivity contribution is 7.99. The summed E-state index contributed by atoms with van der Waals surface area (Å²) in [6, 6.07) is 9.96. The molecule has 2 atom stereocenters. The van der Waals surface area contributed by atoms with Crippen LogP contribution in [0.2, 0.25) is 0 Å². The number of thioether (sulfide) groups is 1. The summed E-state index contributed by atoms with van der Waals surface area (Å²) in [5.41, 5.74) is 6.91. The summed E-state index contributed by atoms with van der Waals surface area (Å²) in [5, 5.41) is 0. The smallest absolute Gasteiger partial charge is 0.239 e. The fourth-order valence-corrected chi connectivity index (χ4v) is 3.17. The van der Waals surface area contributed by atoms with Crippen molar-refractivity contribution in [3.05, 3.63) is 35.9 Å². The van der Waals surface area contributed by atoms with Crippen LogP contribution in [0.5, 0.6) is 0 Å². The van der Waals surface area contributed by atoms with E-state index in [1.54, 1.807) is 6.92 Å². The molecular formula is C13H18N2OS. The summed E-state index contributed by atoms with van der Waals surface area (Å²) in [4.78, 5) is 14.0. The summed E-state index contributed by atoms with van der Waals surface area (Å²) in [6.45, 7) is 2.55. The molecule has 17 heavy (non-hydrogen) atoms. The molecule has 1 aliphatic rings. The van der Waals surface area contributed by atoms with E-state index in [1.807, 2.05) is 34.9 Å². The number of hydrogen-bond donors (Lipinski definition) is 1. The van der Waals surface area contributed by atoms with Crippen LogP contribution in [-0.4, -0.2) is 34.9 Å². The van der Waals surface area contributed by atoms with Crippen molar-refractivity contribution in [1.82, 2.24) is 4.90 Å². The Balaban J connectivity index is 2.21. The maximum absolute atomic E-state index is 12.1. The molecule has 2 N–H and O–H groups in total. The van der Waals surface area contributed by atoms with Crippen molar-refractivity contribution in [2.45, 2.75) is 19.0 Å². The first-order valence-electron chi connectivity index (χ1n) is 5.89. The second kappa shape index (κ2) is 5.56. The lowest BCUT2D eigenvalue weighted by Gasteiger charge is -2.36. The van der Waals surface area contributed by atoms with Crippen LogP contribution in [0.1, 0.15) is 18.5 Å². The molecule has 2 rings (SSSR count). The van der Waals surface area contributed by atoms with Crippen LogP contribution in [0.3, 0.4) is 0 Å². The van der Waals surface area contributed by atoms with Gasteiger partial charge >= 0.3 is 0 Å². The summed E-state index contributed by atoms with van der Waals surface area (Å²) in [5.74, 6) is 2.02. The Bertz CT molecular complexity index is 380. The van der Waals surface area contributed by atoms with Gasteiger partial charge in [0.1, 0.15) is 0 Å². The lowest BCUT2D eigenvalue weighted by Crippen LogP contribution is -2.47. The average Bonchev–Trinajstić information content (AvgIpc) is 2.39. The molecule has 1 fully saturated rings. The van der Waals surface area contributed by atoms with Crippen LogP contribution in [-0.2, 0) is 4.79 Å². The lowest BCUT2D eigenvalue weighted by molar-refractivity contribution is -0.134. The van der Waals surface area contributed by atoms with Crippen molar-refractivity contribution >= 4 is 17.7 Å². The van der Waals surface area contributed by atoms with Gasteiger partial charge in [-0.3, -0.25) is 4.79 Å². The third-order valence-electron chi connectivity index (χ3n) is 2.99. The molecule has 1 unspecified atom stereocenters. The number of benzene rings is 1. The van der Waals surface area contributed by atoms with Crippen molar-refractivity contribution in [2.75, 3.05) is 18.1 Å². The molecule has 1 aromatic carbocycles. The minimum absolute atomic E-state index is 0.0548. The van der Waals surface area contributed by atoms with Crippen LogP contribution < -0.4 is 5.73 Å². The summed E-state index contributed by atoms with van der Waals surface area (Å²) in [7, 11) is 0. The van der Waals surface area contributed by atoms with E-state index in [2.05, 4.69) is 12.1 Å². The molecule has 0 bridgehead atoms. The molecule has 4 heteroatoms. The van der Waals surface area contributed by atoms with E-state index in [0.29, 0.717) is 0 Å². The zero-order valence-corrected chi connectivity index (χ0v) is 10.8. The van der Waals surface area contributed by atoms with Gasteiger partial charge in [-0.15, -0.1) is 0 Å². The molecule has 0 saturated carbocycles. The highest BCUT2D eigenvalue weighted by atomic mass is 32.2. The van der Waals surface area contributed by atoms with Gasteiger partial charge in [0.25, 0.3) is 0 Å². The topological polar surface area (TPSA) is 46.3 Å². The molecular weight excluding hydrogens is 232 g/mol. The molecule has 1 amide bonds. The largest absolute Gasteiger partial charge is 0.333 e. The minimum Gasteiger partial charge on any atom is -0.333 e. The number of nitrogens with two attached hydrogens (primary N) is 1. The van der Waals surface area contributed by atoms with E-state index in [0.717, 1.165) is 18.1 Å². The minimum atomic E-state index is -0.413. The summed E-state index contributed by atoms with van der Waals surface area (Å²) < 4.78 is 0. The van der Waals surface area contributed by atoms with Gasteiger partial charge in [-0.1, -0.05) is 30.3 Å². The van der Waals surface area contributed by atoms with Crippen LogP contribution in [0.25, 0.3) is 0 Å². The fraction of sp³-hybridized carbons (Fsp3) is 0.462. The number of carbonyl (C=O) groups is 1. The van der Waals surface area contributed by atoms with Gasteiger partial charge in [-0.2, -0.15) is 11.8 Å². The highest BCUT2D eigenvalue weighted by Crippen LogP contribution is 2.29. The van der Waals surface area contributed by atoms with Crippen LogP contribution in [0.4, 0.5) is 0 Å². The van der Waals surface area contributed by atoms with Gasteiger partial charge in [-0.25, -0.2) is 0 Å². The zero-order valence-electron chi connectivity index (χ0n) is 10.0. The Hall–Kier alpha value is -1.00. The number of rotatable bonds is 2. The predicted molar refractivity (Wildman–Crippen MR) is 71.9 cm³/mol. The normalized spacial score (nSPS) is 22.2.